The Kier molecular flexibility index (Phi) is 6.68. The van der Waals surface area contributed by atoms with Crippen LogP contribution in [0.15, 0.2) is 48.7 Å². The summed E-state index contributed by atoms with van der Waals surface area (Å²) in [5, 5.41) is 51.5. The first-order valence-electron chi connectivity index (χ1n) is 11.4. The third-order valence-corrected chi connectivity index (χ3v) is 7.05. The number of hydrogen-bond acceptors (Lipinski definition) is 11. The van der Waals surface area contributed by atoms with E-state index in [9.17, 15) is 30.3 Å². The Morgan fingerprint density at radius 2 is 1.80 bits per heavy atom. The lowest BCUT2D eigenvalue weighted by molar-refractivity contribution is -0.344. The fourth-order valence-electron chi connectivity index (χ4n) is 5.10. The number of carbonyl (C=O) groups is 1. The predicted octanol–water partition coefficient (Wildman–Crippen LogP) is -1.33. The molecule has 3 fully saturated rings. The molecule has 5 N–H and O–H groups in total. The lowest BCUT2D eigenvalue weighted by Crippen LogP contribution is -2.60. The van der Waals surface area contributed by atoms with Crippen molar-refractivity contribution in [3.63, 3.8) is 0 Å². The molecule has 1 saturated carbocycles. The lowest BCUT2D eigenvalue weighted by Gasteiger charge is -2.43. The van der Waals surface area contributed by atoms with E-state index in [0.717, 1.165) is 5.56 Å². The molecule has 190 valence electrons. The topological polar surface area (TPSA) is 168 Å². The number of aliphatic hydroxyl groups is 5. The molecule has 5 rings (SSSR count). The van der Waals surface area contributed by atoms with E-state index in [-0.39, 0.29) is 6.61 Å². The van der Waals surface area contributed by atoms with Gasteiger partial charge in [-0.1, -0.05) is 30.3 Å². The second-order valence-corrected chi connectivity index (χ2v) is 9.10. The second-order valence-electron chi connectivity index (χ2n) is 9.10. The Bertz CT molecular complexity index is 967. The van der Waals surface area contributed by atoms with Crippen molar-refractivity contribution >= 4 is 12.0 Å². The van der Waals surface area contributed by atoms with Gasteiger partial charge in [0.2, 0.25) is 6.29 Å². The van der Waals surface area contributed by atoms with E-state index in [2.05, 4.69) is 0 Å². The number of epoxide rings is 1. The summed E-state index contributed by atoms with van der Waals surface area (Å²) in [5.41, 5.74) is -0.248. The van der Waals surface area contributed by atoms with Crippen LogP contribution in [0.5, 0.6) is 0 Å². The number of benzene rings is 1. The number of hydrogen-bond donors (Lipinski definition) is 5. The molecule has 0 radical (unpaired) electrons. The van der Waals surface area contributed by atoms with E-state index in [1.165, 1.54) is 12.3 Å². The van der Waals surface area contributed by atoms with E-state index in [1.807, 2.05) is 30.3 Å². The molecule has 11 nitrogen and oxygen atoms in total. The van der Waals surface area contributed by atoms with Crippen LogP contribution < -0.4 is 0 Å². The minimum absolute atomic E-state index is 0.364. The van der Waals surface area contributed by atoms with Gasteiger partial charge in [-0.05, 0) is 17.7 Å². The molecular weight excluding hydrogens is 464 g/mol. The zero-order valence-electron chi connectivity index (χ0n) is 18.6. The molecule has 0 unspecified atom stereocenters. The predicted molar refractivity (Wildman–Crippen MR) is 116 cm³/mol. The van der Waals surface area contributed by atoms with E-state index >= 15 is 0 Å². The highest BCUT2D eigenvalue weighted by Crippen LogP contribution is 2.59. The summed E-state index contributed by atoms with van der Waals surface area (Å²) < 4.78 is 27.7. The van der Waals surface area contributed by atoms with Crippen LogP contribution in [-0.4, -0.2) is 99.5 Å². The highest BCUT2D eigenvalue weighted by molar-refractivity contribution is 5.87. The fraction of sp³-hybridized carbons (Fsp3) is 0.542. The van der Waals surface area contributed by atoms with Gasteiger partial charge in [-0.15, -0.1) is 0 Å². The van der Waals surface area contributed by atoms with Crippen LogP contribution in [0.3, 0.4) is 0 Å². The van der Waals surface area contributed by atoms with E-state index in [4.69, 9.17) is 23.7 Å². The lowest BCUT2D eigenvalue weighted by atomic mass is 9.85. The number of ether oxygens (including phenoxy) is 5. The molecule has 11 atom stereocenters. The molecule has 11 heteroatoms. The molecule has 1 aromatic rings. The molecule has 1 aromatic carbocycles. The number of aliphatic hydroxyl groups excluding tert-OH is 5. The summed E-state index contributed by atoms with van der Waals surface area (Å²) in [4.78, 5) is 12.1. The Morgan fingerprint density at radius 3 is 2.54 bits per heavy atom. The van der Waals surface area contributed by atoms with Crippen molar-refractivity contribution < 1.29 is 54.0 Å². The van der Waals surface area contributed by atoms with Crippen molar-refractivity contribution in [2.45, 2.75) is 54.8 Å². The average molecular weight is 492 g/mol. The van der Waals surface area contributed by atoms with Gasteiger partial charge >= 0.3 is 5.97 Å². The molecule has 35 heavy (non-hydrogen) atoms. The normalized spacial score (nSPS) is 43.9. The summed E-state index contributed by atoms with van der Waals surface area (Å²) in [6, 6.07) is 9.11. The number of fused-ring (bicyclic) bond motifs is 3. The highest BCUT2D eigenvalue weighted by atomic mass is 16.8. The molecule has 3 aliphatic heterocycles. The smallest absolute Gasteiger partial charge is 0.330 e. The molecule has 0 amide bonds. The van der Waals surface area contributed by atoms with Crippen molar-refractivity contribution in [3.05, 3.63) is 54.3 Å². The minimum Gasteiger partial charge on any atom is -0.472 e. The SMILES string of the molecule is O=C(/C=C\c1ccccc1)OC[C@H]1O[C@@H](O[C@H]2OC=C[C@H]3[C@H](O)[C@H]4O[C@@]4(CO)[C@H]23)[C@H](O)[C@@H](O)[C@@H]1O. The molecule has 0 aromatic heterocycles. The van der Waals surface area contributed by atoms with Gasteiger partial charge in [0.05, 0.1) is 24.9 Å². The zero-order chi connectivity index (χ0) is 24.7. The average Bonchev–Trinajstić information content (AvgIpc) is 3.57. The van der Waals surface area contributed by atoms with Crippen molar-refractivity contribution in [2.24, 2.45) is 11.8 Å². The summed E-state index contributed by atoms with van der Waals surface area (Å²) in [7, 11) is 0. The van der Waals surface area contributed by atoms with Crippen LogP contribution in [0.4, 0.5) is 0 Å². The van der Waals surface area contributed by atoms with Crippen LogP contribution in [0.2, 0.25) is 0 Å². The van der Waals surface area contributed by atoms with Crippen molar-refractivity contribution in [2.75, 3.05) is 13.2 Å². The largest absolute Gasteiger partial charge is 0.472 e. The molecule has 2 saturated heterocycles. The summed E-state index contributed by atoms with van der Waals surface area (Å²) >= 11 is 0. The Hall–Kier alpha value is -2.35. The third-order valence-electron chi connectivity index (χ3n) is 7.05. The Morgan fingerprint density at radius 1 is 1.03 bits per heavy atom. The van der Waals surface area contributed by atoms with Crippen LogP contribution in [0.25, 0.3) is 6.08 Å². The first kappa shape index (κ1) is 24.3. The van der Waals surface area contributed by atoms with Crippen LogP contribution in [0, 0.1) is 11.8 Å². The van der Waals surface area contributed by atoms with Gasteiger partial charge in [-0.3, -0.25) is 0 Å². The third kappa shape index (κ3) is 4.39. The van der Waals surface area contributed by atoms with E-state index in [0.29, 0.717) is 0 Å². The van der Waals surface area contributed by atoms with Crippen LogP contribution in [0.1, 0.15) is 5.56 Å². The van der Waals surface area contributed by atoms with Crippen LogP contribution >= 0.6 is 0 Å². The maximum atomic E-state index is 12.1. The van der Waals surface area contributed by atoms with Gasteiger partial charge in [0.25, 0.3) is 0 Å². The molecule has 4 aliphatic rings. The van der Waals surface area contributed by atoms with Gasteiger partial charge in [-0.25, -0.2) is 4.79 Å². The number of esters is 1. The van der Waals surface area contributed by atoms with Crippen molar-refractivity contribution in [3.8, 4) is 0 Å². The fourth-order valence-corrected chi connectivity index (χ4v) is 5.10. The van der Waals surface area contributed by atoms with Gasteiger partial charge in [0.15, 0.2) is 6.29 Å². The molecule has 1 aliphatic carbocycles. The first-order valence-corrected chi connectivity index (χ1v) is 11.4. The maximum Gasteiger partial charge on any atom is 0.330 e. The van der Waals surface area contributed by atoms with Crippen molar-refractivity contribution in [1.82, 2.24) is 0 Å². The van der Waals surface area contributed by atoms with Gasteiger partial charge in [0, 0.05) is 12.0 Å². The Balaban J connectivity index is 1.22. The van der Waals surface area contributed by atoms with Crippen molar-refractivity contribution in [1.29, 1.82) is 0 Å². The number of carbonyl (C=O) groups excluding carboxylic acids is 1. The molecule has 3 heterocycles. The monoisotopic (exact) mass is 492 g/mol. The zero-order valence-corrected chi connectivity index (χ0v) is 18.6. The molecular formula is C24H28O11. The summed E-state index contributed by atoms with van der Waals surface area (Å²) in [5.74, 6) is -1.70. The van der Waals surface area contributed by atoms with Crippen LogP contribution in [-0.2, 0) is 28.5 Å². The Labute approximate surface area is 200 Å². The van der Waals surface area contributed by atoms with E-state index < -0.39 is 79.2 Å². The first-order chi connectivity index (χ1) is 16.9. The van der Waals surface area contributed by atoms with Gasteiger partial charge in [-0.2, -0.15) is 0 Å². The maximum absolute atomic E-state index is 12.1. The quantitative estimate of drug-likeness (QED) is 0.174. The number of rotatable bonds is 7. The molecule has 0 spiro atoms. The highest BCUT2D eigenvalue weighted by Gasteiger charge is 2.75. The van der Waals surface area contributed by atoms with E-state index in [1.54, 1.807) is 12.2 Å². The second kappa shape index (κ2) is 9.60. The standard InChI is InChI=1S/C24H28O11/c25-11-24-16-13(17(27)21(24)35-24)8-9-31-22(16)34-23-20(30)19(29)18(28)14(33-23)10-32-15(26)7-6-12-4-2-1-3-5-12/h1-9,13-14,16-23,25,27-30H,10-11H2/b7-6-/t13-,14-,16+,17+,18-,19+,20-,21-,22-,23+,24+/m1/s1. The van der Waals surface area contributed by atoms with Gasteiger partial charge < -0.3 is 49.2 Å². The summed E-state index contributed by atoms with van der Waals surface area (Å²) in [6.07, 6.45) is -4.23. The molecule has 0 bridgehead atoms. The summed E-state index contributed by atoms with van der Waals surface area (Å²) in [6.45, 7) is -0.776. The van der Waals surface area contributed by atoms with Gasteiger partial charge in [0.1, 0.15) is 42.7 Å². The minimum atomic E-state index is -1.65.